The van der Waals surface area contributed by atoms with Gasteiger partial charge in [0.25, 0.3) is 6.02 Å². The molecule has 7 heteroatoms. The van der Waals surface area contributed by atoms with Crippen molar-refractivity contribution in [1.29, 1.82) is 0 Å². The molecule has 2 rings (SSSR count). The maximum absolute atomic E-state index is 10.5. The minimum atomic E-state index is -1.09. The smallest absolute Gasteiger partial charge is 0.282 e. The summed E-state index contributed by atoms with van der Waals surface area (Å²) in [6, 6.07) is 7.26. The Morgan fingerprint density at radius 2 is 2.14 bits per heavy atom. The monoisotopic (exact) mass is 294 g/mol. The average molecular weight is 294 g/mol. The summed E-state index contributed by atoms with van der Waals surface area (Å²) in [5.41, 5.74) is 6.18. The van der Waals surface area contributed by atoms with Crippen LogP contribution in [0.15, 0.2) is 29.3 Å². The Hall–Kier alpha value is -1.83. The number of benzene rings is 1. The molecule has 116 valence electrons. The highest BCUT2D eigenvalue weighted by molar-refractivity contribution is 5.73. The van der Waals surface area contributed by atoms with Crippen LogP contribution in [0.3, 0.4) is 0 Å². The Labute approximate surface area is 123 Å². The number of amidine groups is 1. The van der Waals surface area contributed by atoms with E-state index in [1.165, 1.54) is 0 Å². The Morgan fingerprint density at radius 3 is 2.67 bits per heavy atom. The summed E-state index contributed by atoms with van der Waals surface area (Å²) in [5.74, 6) is 0.708. The fourth-order valence-corrected chi connectivity index (χ4v) is 2.20. The molecule has 1 aliphatic heterocycles. The normalized spacial score (nSPS) is 19.2. The Balaban J connectivity index is 1.89. The topological polar surface area (TPSA) is 107 Å². The molecular weight excluding hydrogens is 274 g/mol. The first-order valence-corrected chi connectivity index (χ1v) is 6.98. The van der Waals surface area contributed by atoms with Crippen LogP contribution in [-0.4, -0.2) is 24.8 Å². The molecule has 0 bridgehead atoms. The number of quaternary nitrogens is 1. The summed E-state index contributed by atoms with van der Waals surface area (Å²) in [6.45, 7) is 2.44. The van der Waals surface area contributed by atoms with E-state index in [4.69, 9.17) is 15.2 Å². The molecule has 0 aromatic heterocycles. The first-order valence-electron chi connectivity index (χ1n) is 6.98. The summed E-state index contributed by atoms with van der Waals surface area (Å²) in [5, 5.41) is 20.0. The minimum Gasteiger partial charge on any atom is -0.633 e. The van der Waals surface area contributed by atoms with Gasteiger partial charge in [-0.2, -0.15) is 0 Å². The molecule has 0 aliphatic carbocycles. The van der Waals surface area contributed by atoms with Crippen LogP contribution in [0.5, 0.6) is 5.75 Å². The van der Waals surface area contributed by atoms with Gasteiger partial charge in [0, 0.05) is 12.0 Å². The van der Waals surface area contributed by atoms with Crippen LogP contribution in [0.1, 0.15) is 25.3 Å². The number of aliphatic imine (C=N–C) groups is 1. The number of hydrogen-bond donors (Lipinski definition) is 2. The van der Waals surface area contributed by atoms with Crippen molar-refractivity contribution >= 4 is 6.02 Å². The van der Waals surface area contributed by atoms with Gasteiger partial charge in [-0.15, -0.1) is 0 Å². The highest BCUT2D eigenvalue weighted by atomic mass is 16.8. The molecule has 0 fully saturated rings. The maximum Gasteiger partial charge on any atom is 0.282 e. The highest BCUT2D eigenvalue weighted by Gasteiger charge is 2.21. The molecule has 1 aromatic carbocycles. The van der Waals surface area contributed by atoms with Crippen LogP contribution in [0.25, 0.3) is 0 Å². The summed E-state index contributed by atoms with van der Waals surface area (Å²) < 4.78 is 11.0. The minimum absolute atomic E-state index is 0.0141. The molecule has 0 saturated carbocycles. The number of rotatable bonds is 7. The maximum atomic E-state index is 10.5. The van der Waals surface area contributed by atoms with E-state index >= 15 is 0 Å². The molecule has 1 heterocycles. The number of nitrogens with one attached hydrogen (secondary N) is 1. The standard InChI is InChI=1S/C14H20N3O4/c1-2-12(7-11-9-20-14(15)16-11)21-13-5-3-10(4-6-13)8-17(18)19/h3-6,11-12,17H,2,7-9H2,1H3,(H2,15,16)/q-1/t11-,12?/m0/s1. The molecule has 21 heavy (non-hydrogen) atoms. The zero-order valence-electron chi connectivity index (χ0n) is 12.0. The molecule has 7 nitrogen and oxygen atoms in total. The number of hydrogen-bond acceptors (Lipinski definition) is 6. The summed E-state index contributed by atoms with van der Waals surface area (Å²) in [4.78, 5) is 4.18. The van der Waals surface area contributed by atoms with Gasteiger partial charge in [0.15, 0.2) is 0 Å². The molecule has 2 atom stereocenters. The van der Waals surface area contributed by atoms with Crippen molar-refractivity contribution in [2.24, 2.45) is 10.7 Å². The van der Waals surface area contributed by atoms with Crippen molar-refractivity contribution in [3.63, 3.8) is 0 Å². The SMILES string of the molecule is CCC(C[C@H]1COC(N)=N1)Oc1ccc(C[NH+]([O-])[O-])cc1. The molecule has 0 spiro atoms. The zero-order chi connectivity index (χ0) is 15.2. The van der Waals surface area contributed by atoms with Gasteiger partial charge >= 0.3 is 0 Å². The fraction of sp³-hybridized carbons (Fsp3) is 0.500. The number of nitrogens with zero attached hydrogens (tertiary/aromatic N) is 1. The fourth-order valence-electron chi connectivity index (χ4n) is 2.20. The second-order valence-corrected chi connectivity index (χ2v) is 5.01. The van der Waals surface area contributed by atoms with Crippen molar-refractivity contribution in [3.05, 3.63) is 40.2 Å². The van der Waals surface area contributed by atoms with E-state index in [1.807, 2.05) is 6.92 Å². The number of hydroxylamine groups is 2. The lowest BCUT2D eigenvalue weighted by atomic mass is 10.1. The summed E-state index contributed by atoms with van der Waals surface area (Å²) >= 11 is 0. The van der Waals surface area contributed by atoms with E-state index in [2.05, 4.69) is 4.99 Å². The van der Waals surface area contributed by atoms with E-state index in [0.29, 0.717) is 17.9 Å². The predicted molar refractivity (Wildman–Crippen MR) is 78.5 cm³/mol. The van der Waals surface area contributed by atoms with Gasteiger partial charge in [0.05, 0.1) is 6.04 Å². The lowest BCUT2D eigenvalue weighted by molar-refractivity contribution is -0.807. The summed E-state index contributed by atoms with van der Waals surface area (Å²) in [7, 11) is 0. The van der Waals surface area contributed by atoms with E-state index in [0.717, 1.165) is 12.8 Å². The van der Waals surface area contributed by atoms with Gasteiger partial charge in [0.1, 0.15) is 25.0 Å². The number of ether oxygens (including phenoxy) is 2. The van der Waals surface area contributed by atoms with Crippen molar-refractivity contribution in [1.82, 2.24) is 0 Å². The van der Waals surface area contributed by atoms with Crippen LogP contribution in [0.2, 0.25) is 0 Å². The van der Waals surface area contributed by atoms with E-state index < -0.39 is 5.23 Å². The number of nitrogens with two attached hydrogens (primary N) is 1. The van der Waals surface area contributed by atoms with Crippen molar-refractivity contribution in [3.8, 4) is 5.75 Å². The Bertz CT molecular complexity index is 476. The van der Waals surface area contributed by atoms with Crippen LogP contribution in [0, 0.1) is 10.4 Å². The molecule has 1 aliphatic rings. The molecule has 3 N–H and O–H groups in total. The third kappa shape index (κ3) is 4.89. The lowest BCUT2D eigenvalue weighted by Crippen LogP contribution is -3.00. The van der Waals surface area contributed by atoms with Gasteiger partial charge in [-0.05, 0) is 30.7 Å². The largest absolute Gasteiger partial charge is 0.633 e. The van der Waals surface area contributed by atoms with Gasteiger partial charge in [-0.1, -0.05) is 6.92 Å². The molecule has 0 saturated heterocycles. The van der Waals surface area contributed by atoms with Crippen LogP contribution in [0.4, 0.5) is 0 Å². The quantitative estimate of drug-likeness (QED) is 0.705. The zero-order valence-corrected chi connectivity index (χ0v) is 12.0. The summed E-state index contributed by atoms with van der Waals surface area (Å²) in [6.07, 6.45) is 1.59. The van der Waals surface area contributed by atoms with Crippen LogP contribution < -0.4 is 15.7 Å². The van der Waals surface area contributed by atoms with Gasteiger partial charge < -0.3 is 30.8 Å². The molecule has 0 radical (unpaired) electrons. The van der Waals surface area contributed by atoms with Crippen molar-refractivity contribution in [2.45, 2.75) is 38.5 Å². The average Bonchev–Trinajstić information content (AvgIpc) is 2.85. The van der Waals surface area contributed by atoms with Crippen molar-refractivity contribution < 1.29 is 14.7 Å². The van der Waals surface area contributed by atoms with Gasteiger partial charge in [-0.25, -0.2) is 4.99 Å². The first kappa shape index (κ1) is 15.6. The van der Waals surface area contributed by atoms with E-state index in [9.17, 15) is 10.4 Å². The van der Waals surface area contributed by atoms with Gasteiger partial charge in [-0.3, -0.25) is 0 Å². The molecule has 1 unspecified atom stereocenters. The molecular formula is C14H20N3O4-. The second-order valence-electron chi connectivity index (χ2n) is 5.01. The van der Waals surface area contributed by atoms with Crippen molar-refractivity contribution in [2.75, 3.05) is 6.61 Å². The molecule has 0 amide bonds. The lowest BCUT2D eigenvalue weighted by Gasteiger charge is -2.25. The van der Waals surface area contributed by atoms with Gasteiger partial charge in [0.2, 0.25) is 0 Å². The Morgan fingerprint density at radius 1 is 1.43 bits per heavy atom. The van der Waals surface area contributed by atoms with Crippen LogP contribution in [-0.2, 0) is 11.3 Å². The molecule has 1 aromatic rings. The third-order valence-corrected chi connectivity index (χ3v) is 3.30. The highest BCUT2D eigenvalue weighted by Crippen LogP contribution is 2.19. The second kappa shape index (κ2) is 7.26. The Kier molecular flexibility index (Phi) is 5.38. The predicted octanol–water partition coefficient (Wildman–Crippen LogP) is 0.328. The van der Waals surface area contributed by atoms with E-state index in [1.54, 1.807) is 24.3 Å². The van der Waals surface area contributed by atoms with E-state index in [-0.39, 0.29) is 24.7 Å². The first-order chi connectivity index (χ1) is 10.1. The van der Waals surface area contributed by atoms with Crippen LogP contribution >= 0.6 is 0 Å². The third-order valence-electron chi connectivity index (χ3n) is 3.30.